The molecule has 0 saturated carbocycles. The van der Waals surface area contributed by atoms with Crippen LogP contribution in [-0.4, -0.2) is 16.8 Å². The van der Waals surface area contributed by atoms with E-state index in [9.17, 15) is 4.79 Å². The van der Waals surface area contributed by atoms with Gasteiger partial charge in [0, 0.05) is 25.1 Å². The molecular formula is C16H23O2S+. The molecule has 0 fully saturated rings. The maximum Gasteiger partial charge on any atom is 0.364 e. The maximum atomic E-state index is 12.2. The van der Waals surface area contributed by atoms with Gasteiger partial charge in [0.2, 0.25) is 5.12 Å². The largest absolute Gasteiger partial charge is 0.364 e. The fourth-order valence-electron chi connectivity index (χ4n) is 1.88. The fraction of sp³-hybridized carbons (Fsp3) is 0.500. The zero-order valence-electron chi connectivity index (χ0n) is 12.4. The summed E-state index contributed by atoms with van der Waals surface area (Å²) in [4.78, 5) is 12.2. The van der Waals surface area contributed by atoms with Gasteiger partial charge in [0.1, 0.15) is 0 Å². The molecule has 1 aromatic carbocycles. The van der Waals surface area contributed by atoms with Crippen molar-refractivity contribution < 1.29 is 9.22 Å². The normalized spacial score (nSPS) is 12.0. The number of carbonyl (C=O) groups excluding carboxylic acids is 2. The maximum absolute atomic E-state index is 12.2. The second-order valence-electron chi connectivity index (χ2n) is 4.93. The van der Waals surface area contributed by atoms with Crippen LogP contribution in [0.15, 0.2) is 18.2 Å². The Morgan fingerprint density at radius 3 is 2.32 bits per heavy atom. The Morgan fingerprint density at radius 1 is 1.26 bits per heavy atom. The van der Waals surface area contributed by atoms with Crippen molar-refractivity contribution in [3.63, 3.8) is 0 Å². The lowest BCUT2D eigenvalue weighted by Crippen LogP contribution is -2.12. The minimum absolute atomic E-state index is 0.148. The van der Waals surface area contributed by atoms with Gasteiger partial charge in [-0.05, 0) is 44.4 Å². The summed E-state index contributed by atoms with van der Waals surface area (Å²) in [6.07, 6.45) is 0.465. The Bertz CT molecular complexity index is 455. The van der Waals surface area contributed by atoms with E-state index in [-0.39, 0.29) is 11.0 Å². The van der Waals surface area contributed by atoms with Crippen LogP contribution in [0.4, 0.5) is 0 Å². The van der Waals surface area contributed by atoms with Crippen LogP contribution >= 0.6 is 11.8 Å². The molecule has 0 heterocycles. The van der Waals surface area contributed by atoms with Gasteiger partial charge in [-0.2, -0.15) is 0 Å². The van der Waals surface area contributed by atoms with E-state index < -0.39 is 0 Å². The van der Waals surface area contributed by atoms with Gasteiger partial charge < -0.3 is 0 Å². The van der Waals surface area contributed by atoms with Crippen LogP contribution in [0.3, 0.4) is 0 Å². The monoisotopic (exact) mass is 279 g/mol. The van der Waals surface area contributed by atoms with Crippen LogP contribution in [0, 0.1) is 19.8 Å². The molecule has 0 bridgehead atoms. The summed E-state index contributed by atoms with van der Waals surface area (Å²) in [7, 11) is 0. The lowest BCUT2D eigenvalue weighted by atomic mass is 10.0. The molecule has 2 nitrogen and oxygen atoms in total. The summed E-state index contributed by atoms with van der Waals surface area (Å²) < 4.78 is 5.53. The molecule has 19 heavy (non-hydrogen) atoms. The van der Waals surface area contributed by atoms with Crippen LogP contribution in [0.5, 0.6) is 0 Å². The molecule has 0 aliphatic heterocycles. The van der Waals surface area contributed by atoms with Crippen molar-refractivity contribution in [1.82, 2.24) is 0 Å². The summed E-state index contributed by atoms with van der Waals surface area (Å²) >= 11 is 1.25. The van der Waals surface area contributed by atoms with Crippen molar-refractivity contribution in [2.75, 3.05) is 6.61 Å². The third-order valence-electron chi connectivity index (χ3n) is 2.94. The molecule has 0 spiro atoms. The number of hydrogen-bond acceptors (Lipinski definition) is 2. The molecule has 0 atom stereocenters. The lowest BCUT2D eigenvalue weighted by Gasteiger charge is -2.07. The third-order valence-corrected chi connectivity index (χ3v) is 4.10. The molecule has 0 radical (unpaired) electrons. The highest BCUT2D eigenvalue weighted by atomic mass is 32.2. The summed E-state index contributed by atoms with van der Waals surface area (Å²) in [5.74, 6) is 0.256. The van der Waals surface area contributed by atoms with E-state index >= 15 is 0 Å². The molecule has 0 N–H and O–H groups in total. The van der Waals surface area contributed by atoms with E-state index in [1.807, 2.05) is 26.8 Å². The quantitative estimate of drug-likeness (QED) is 0.783. The Morgan fingerprint density at radius 2 is 1.84 bits per heavy atom. The van der Waals surface area contributed by atoms with Gasteiger partial charge >= 0.3 is 5.12 Å². The predicted molar refractivity (Wildman–Crippen MR) is 82.6 cm³/mol. The van der Waals surface area contributed by atoms with Crippen LogP contribution in [-0.2, 0) is 15.6 Å². The SMILES string of the molecule is CC[O+]=C(SC(=O)Cc1c(C)cccc1C)C(C)C. The van der Waals surface area contributed by atoms with Gasteiger partial charge in [0.25, 0.3) is 6.61 Å². The predicted octanol–water partition coefficient (Wildman–Crippen LogP) is 3.84. The first-order valence-corrected chi connectivity index (χ1v) is 7.52. The molecule has 0 amide bonds. The van der Waals surface area contributed by atoms with Crippen LogP contribution in [0.1, 0.15) is 37.5 Å². The first-order chi connectivity index (χ1) is 8.95. The van der Waals surface area contributed by atoms with Crippen molar-refractivity contribution in [2.24, 2.45) is 5.92 Å². The van der Waals surface area contributed by atoms with Gasteiger partial charge in [-0.1, -0.05) is 18.2 Å². The van der Waals surface area contributed by atoms with E-state index in [0.717, 1.165) is 10.7 Å². The average molecular weight is 279 g/mol. The summed E-state index contributed by atoms with van der Waals surface area (Å²) in [5.41, 5.74) is 3.49. The second kappa shape index (κ2) is 7.49. The van der Waals surface area contributed by atoms with Crippen molar-refractivity contribution in [3.05, 3.63) is 34.9 Å². The summed E-state index contributed by atoms with van der Waals surface area (Å²) in [6, 6.07) is 6.13. The van der Waals surface area contributed by atoms with Gasteiger partial charge in [0.05, 0.1) is 5.92 Å². The van der Waals surface area contributed by atoms with E-state index in [1.165, 1.54) is 22.9 Å². The van der Waals surface area contributed by atoms with Crippen molar-refractivity contribution in [3.8, 4) is 0 Å². The zero-order chi connectivity index (χ0) is 14.4. The Labute approximate surface area is 120 Å². The molecule has 0 aliphatic carbocycles. The first kappa shape index (κ1) is 16.0. The van der Waals surface area contributed by atoms with E-state index in [0.29, 0.717) is 13.0 Å². The number of carbonyl (C=O) groups is 1. The van der Waals surface area contributed by atoms with Crippen molar-refractivity contribution >= 4 is 22.0 Å². The minimum atomic E-state index is 0.148. The second-order valence-corrected chi connectivity index (χ2v) is 5.99. The zero-order valence-corrected chi connectivity index (χ0v) is 13.3. The van der Waals surface area contributed by atoms with Crippen LogP contribution < -0.4 is 0 Å². The standard InChI is InChI=1S/C16H23O2S/c1-6-18-16(11(2)3)19-15(17)10-14-12(4)8-7-9-13(14)5/h7-9,11H,6,10H2,1-5H3/q+1. The lowest BCUT2D eigenvalue weighted by molar-refractivity contribution is -0.451. The molecule has 1 aromatic rings. The van der Waals surface area contributed by atoms with Crippen LogP contribution in [0.2, 0.25) is 0 Å². The van der Waals surface area contributed by atoms with Gasteiger partial charge in [-0.15, -0.1) is 0 Å². The average Bonchev–Trinajstić information content (AvgIpc) is 2.33. The molecule has 3 heteroatoms. The van der Waals surface area contributed by atoms with E-state index in [1.54, 1.807) is 0 Å². The minimum Gasteiger partial charge on any atom is -0.286 e. The van der Waals surface area contributed by atoms with E-state index in [2.05, 4.69) is 26.0 Å². The highest BCUT2D eigenvalue weighted by Gasteiger charge is 2.23. The Balaban J connectivity index is 2.78. The summed E-state index contributed by atoms with van der Waals surface area (Å²) in [6.45, 7) is 10.7. The van der Waals surface area contributed by atoms with Crippen LogP contribution in [0.25, 0.3) is 0 Å². The molecule has 1 rings (SSSR count). The first-order valence-electron chi connectivity index (χ1n) is 6.71. The topological polar surface area (TPSA) is 28.4 Å². The summed E-state index contributed by atoms with van der Waals surface area (Å²) in [5, 5.41) is 0.966. The molecule has 104 valence electrons. The fourth-order valence-corrected chi connectivity index (χ4v) is 2.73. The molecular weight excluding hydrogens is 256 g/mol. The van der Waals surface area contributed by atoms with Gasteiger partial charge in [-0.3, -0.25) is 9.22 Å². The third kappa shape index (κ3) is 4.83. The number of rotatable bonds is 4. The molecule has 0 unspecified atom stereocenters. The molecule has 0 aromatic heterocycles. The van der Waals surface area contributed by atoms with Gasteiger partial charge in [-0.25, -0.2) is 0 Å². The van der Waals surface area contributed by atoms with Gasteiger partial charge in [0.15, 0.2) is 0 Å². The Kier molecular flexibility index (Phi) is 6.29. The number of thioether (sulfide) groups is 1. The Hall–Kier alpha value is -1.09. The highest BCUT2D eigenvalue weighted by molar-refractivity contribution is 8.26. The smallest absolute Gasteiger partial charge is 0.286 e. The number of hydrogen-bond donors (Lipinski definition) is 0. The molecule has 0 saturated heterocycles. The number of benzene rings is 1. The highest BCUT2D eigenvalue weighted by Crippen LogP contribution is 2.19. The number of aryl methyl sites for hydroxylation is 2. The van der Waals surface area contributed by atoms with Crippen molar-refractivity contribution in [2.45, 2.75) is 41.0 Å². The van der Waals surface area contributed by atoms with E-state index in [4.69, 9.17) is 4.42 Å². The molecule has 0 aliphatic rings. The van der Waals surface area contributed by atoms with Crippen molar-refractivity contribution in [1.29, 1.82) is 0 Å².